The predicted molar refractivity (Wildman–Crippen MR) is 78.5 cm³/mol. The number of fused-ring (bicyclic) bond motifs is 1. The van der Waals surface area contributed by atoms with E-state index in [9.17, 15) is 15.0 Å². The molecule has 0 aromatic carbocycles. The number of hydrogen-bond acceptors (Lipinski definition) is 6. The quantitative estimate of drug-likeness (QED) is 0.471. The monoisotopic (exact) mass is 298 g/mol. The molecule has 3 unspecified atom stereocenters. The van der Waals surface area contributed by atoms with Gasteiger partial charge in [-0.2, -0.15) is 0 Å². The Hall–Kier alpha value is -1.35. The third-order valence-electron chi connectivity index (χ3n) is 3.09. The van der Waals surface area contributed by atoms with E-state index in [0.717, 1.165) is 5.56 Å². The third-order valence-corrected chi connectivity index (χ3v) is 3.98. The average Bonchev–Trinajstić information content (AvgIpc) is 2.82. The van der Waals surface area contributed by atoms with Crippen LogP contribution >= 0.6 is 11.8 Å². The summed E-state index contributed by atoms with van der Waals surface area (Å²) in [6, 6.07) is -0.249. The second-order valence-electron chi connectivity index (χ2n) is 4.57. The summed E-state index contributed by atoms with van der Waals surface area (Å²) in [5.41, 5.74) is 0.861. The van der Waals surface area contributed by atoms with Crippen LogP contribution in [0, 0.1) is 0 Å². The van der Waals surface area contributed by atoms with Gasteiger partial charge >= 0.3 is 0 Å². The maximum atomic E-state index is 11.5. The van der Waals surface area contributed by atoms with Crippen LogP contribution in [0.5, 0.6) is 0 Å². The third kappa shape index (κ3) is 3.21. The zero-order chi connectivity index (χ0) is 14.7. The van der Waals surface area contributed by atoms with Gasteiger partial charge in [0.2, 0.25) is 0 Å². The van der Waals surface area contributed by atoms with Crippen LogP contribution in [0.15, 0.2) is 17.3 Å². The summed E-state index contributed by atoms with van der Waals surface area (Å²) in [5, 5.41) is 22.5. The molecule has 0 spiro atoms. The van der Waals surface area contributed by atoms with Gasteiger partial charge in [-0.05, 0) is 13.2 Å². The Kier molecular flexibility index (Phi) is 4.81. The summed E-state index contributed by atoms with van der Waals surface area (Å²) in [4.78, 5) is 21.0. The van der Waals surface area contributed by atoms with E-state index < -0.39 is 11.7 Å². The van der Waals surface area contributed by atoms with Gasteiger partial charge in [0.1, 0.15) is 17.2 Å². The first-order chi connectivity index (χ1) is 9.52. The Morgan fingerprint density at radius 1 is 1.45 bits per heavy atom. The Balaban J connectivity index is 2.09. The number of nitrogens with zero attached hydrogens (tertiary/aromatic N) is 1. The molecule has 0 saturated heterocycles. The highest BCUT2D eigenvalue weighted by molar-refractivity contribution is 7.99. The first-order valence-electron chi connectivity index (χ1n) is 6.21. The predicted octanol–water partition coefficient (Wildman–Crippen LogP) is -0.228. The molecular weight excluding hydrogens is 280 g/mol. The molecule has 20 heavy (non-hydrogen) atoms. The Bertz CT molecular complexity index is 626. The second-order valence-corrected chi connectivity index (χ2v) is 5.53. The van der Waals surface area contributed by atoms with Crippen molar-refractivity contribution in [2.75, 3.05) is 6.26 Å². The van der Waals surface area contributed by atoms with E-state index >= 15 is 0 Å². The lowest BCUT2D eigenvalue weighted by Gasteiger charge is -2.22. The first-order valence-corrected chi connectivity index (χ1v) is 7.50. The molecule has 0 aliphatic carbocycles. The summed E-state index contributed by atoms with van der Waals surface area (Å²) >= 11 is 1.31. The summed E-state index contributed by atoms with van der Waals surface area (Å²) in [7, 11) is 0. The number of aromatic amines is 2. The largest absolute Gasteiger partial charge is 0.381 e. The zero-order valence-corrected chi connectivity index (χ0v) is 12.1. The molecule has 0 fully saturated rings. The number of thioether (sulfide) groups is 1. The van der Waals surface area contributed by atoms with Crippen LogP contribution in [0.4, 0.5) is 0 Å². The summed E-state index contributed by atoms with van der Waals surface area (Å²) in [6.45, 7) is 1.79. The van der Waals surface area contributed by atoms with E-state index in [1.165, 1.54) is 18.1 Å². The molecule has 2 heterocycles. The molecule has 5 N–H and O–H groups in total. The van der Waals surface area contributed by atoms with Gasteiger partial charge in [0.05, 0.1) is 11.8 Å². The van der Waals surface area contributed by atoms with Crippen molar-refractivity contribution in [2.24, 2.45) is 0 Å². The van der Waals surface area contributed by atoms with Crippen LogP contribution in [-0.4, -0.2) is 49.1 Å². The second kappa shape index (κ2) is 6.40. The fraction of sp³-hybridized carbons (Fsp3) is 0.500. The van der Waals surface area contributed by atoms with Crippen LogP contribution in [-0.2, 0) is 6.42 Å². The summed E-state index contributed by atoms with van der Waals surface area (Å²) < 4.78 is 0. The molecule has 0 bridgehead atoms. The van der Waals surface area contributed by atoms with Crippen LogP contribution < -0.4 is 10.9 Å². The fourth-order valence-electron chi connectivity index (χ4n) is 2.02. The lowest BCUT2D eigenvalue weighted by atomic mass is 10.2. The van der Waals surface area contributed by atoms with Crippen molar-refractivity contribution in [1.82, 2.24) is 20.3 Å². The molecule has 0 aliphatic rings. The molecule has 2 aromatic heterocycles. The molecule has 3 atom stereocenters. The topological polar surface area (TPSA) is 114 Å². The Morgan fingerprint density at radius 2 is 2.20 bits per heavy atom. The van der Waals surface area contributed by atoms with E-state index in [4.69, 9.17) is 0 Å². The number of aliphatic hydroxyl groups excluding tert-OH is 2. The molecule has 0 amide bonds. The van der Waals surface area contributed by atoms with Gasteiger partial charge in [-0.25, -0.2) is 4.98 Å². The van der Waals surface area contributed by atoms with E-state index in [1.54, 1.807) is 19.4 Å². The molecule has 2 rings (SSSR count). The molecular formula is C12H18N4O3S. The van der Waals surface area contributed by atoms with Gasteiger partial charge < -0.3 is 20.2 Å². The first kappa shape index (κ1) is 15.0. The molecule has 8 heteroatoms. The maximum Gasteiger partial charge on any atom is 0.275 e. The van der Waals surface area contributed by atoms with Crippen LogP contribution in [0.1, 0.15) is 12.5 Å². The van der Waals surface area contributed by atoms with Crippen LogP contribution in [0.25, 0.3) is 11.0 Å². The highest BCUT2D eigenvalue weighted by Crippen LogP contribution is 2.14. The number of H-pyrrole nitrogens is 2. The number of rotatable bonds is 6. The number of aliphatic hydroxyl groups is 2. The summed E-state index contributed by atoms with van der Waals surface area (Å²) in [6.07, 6.45) is 4.26. The van der Waals surface area contributed by atoms with E-state index in [1.807, 2.05) is 0 Å². The van der Waals surface area contributed by atoms with Crippen molar-refractivity contribution in [3.8, 4) is 0 Å². The molecule has 7 nitrogen and oxygen atoms in total. The van der Waals surface area contributed by atoms with Crippen molar-refractivity contribution in [2.45, 2.75) is 31.1 Å². The molecule has 0 saturated carbocycles. The Labute approximate surface area is 119 Å². The minimum Gasteiger partial charge on any atom is -0.381 e. The van der Waals surface area contributed by atoms with Gasteiger partial charge in [-0.1, -0.05) is 0 Å². The SMILES string of the molecule is CSC(O)C(C)NC(O)Cc1c[nH]c2c(=O)[nH]cnc12. The lowest BCUT2D eigenvalue weighted by molar-refractivity contribution is 0.101. The zero-order valence-electron chi connectivity index (χ0n) is 11.3. The van der Waals surface area contributed by atoms with E-state index in [2.05, 4.69) is 20.3 Å². The van der Waals surface area contributed by atoms with Crippen molar-refractivity contribution in [3.05, 3.63) is 28.4 Å². The van der Waals surface area contributed by atoms with Gasteiger partial charge in [-0.15, -0.1) is 11.8 Å². The summed E-state index contributed by atoms with van der Waals surface area (Å²) in [5.74, 6) is 0. The van der Waals surface area contributed by atoms with E-state index in [0.29, 0.717) is 17.5 Å². The van der Waals surface area contributed by atoms with Gasteiger partial charge in [0, 0.05) is 24.2 Å². The number of aromatic nitrogens is 3. The van der Waals surface area contributed by atoms with Crippen molar-refractivity contribution in [1.29, 1.82) is 0 Å². The van der Waals surface area contributed by atoms with Crippen LogP contribution in [0.3, 0.4) is 0 Å². The van der Waals surface area contributed by atoms with Gasteiger partial charge in [0.15, 0.2) is 0 Å². The Morgan fingerprint density at radius 3 is 2.90 bits per heavy atom. The van der Waals surface area contributed by atoms with Crippen molar-refractivity contribution in [3.63, 3.8) is 0 Å². The minimum absolute atomic E-state index is 0.241. The highest BCUT2D eigenvalue weighted by atomic mass is 32.2. The van der Waals surface area contributed by atoms with Crippen LogP contribution in [0.2, 0.25) is 0 Å². The van der Waals surface area contributed by atoms with Crippen molar-refractivity contribution < 1.29 is 10.2 Å². The molecule has 0 radical (unpaired) electrons. The normalized spacial score (nSPS) is 16.2. The van der Waals surface area contributed by atoms with Crippen molar-refractivity contribution >= 4 is 22.8 Å². The maximum absolute atomic E-state index is 11.5. The molecule has 2 aromatic rings. The highest BCUT2D eigenvalue weighted by Gasteiger charge is 2.18. The fourth-order valence-corrected chi connectivity index (χ4v) is 2.50. The molecule has 0 aliphatic heterocycles. The smallest absolute Gasteiger partial charge is 0.275 e. The minimum atomic E-state index is -0.827. The van der Waals surface area contributed by atoms with Gasteiger partial charge in [0.25, 0.3) is 5.56 Å². The van der Waals surface area contributed by atoms with Gasteiger partial charge in [-0.3, -0.25) is 10.1 Å². The standard InChI is InChI=1S/C12H18N4O3S/c1-6(12(19)20-2)16-8(17)3-7-4-13-10-9(7)14-5-15-11(10)18/h4-6,8,12-13,16-17,19H,3H2,1-2H3,(H,14,15,18). The average molecular weight is 298 g/mol. The molecule has 110 valence electrons. The number of nitrogens with one attached hydrogen (secondary N) is 3. The lowest BCUT2D eigenvalue weighted by Crippen LogP contribution is -2.43. The number of hydrogen-bond donors (Lipinski definition) is 5. The van der Waals surface area contributed by atoms with E-state index in [-0.39, 0.29) is 11.6 Å².